The van der Waals surface area contributed by atoms with Gasteiger partial charge in [0.25, 0.3) is 0 Å². The standard InChI is InChI=1S/C26H28ClNO6S.ClH/c1-17-12-23(13-18(2)26(17)34-16-25(30)31)35(32,33)22-8-6-19(7-9-22)10-11-28-15-24(29)20-4-3-5-21(27)14-20;/h3-9,12-14,24,28-29H,10-11,15-16H2,1-2H3,(H,30,31);1H/t24-;/m0./s1. The van der Waals surface area contributed by atoms with Crippen molar-refractivity contribution in [2.75, 3.05) is 19.7 Å². The Bertz CT molecular complexity index is 1270. The number of aliphatic hydroxyl groups is 1. The molecule has 10 heteroatoms. The molecule has 0 aromatic heterocycles. The minimum atomic E-state index is -3.75. The van der Waals surface area contributed by atoms with Crippen LogP contribution in [0.15, 0.2) is 70.5 Å². The second-order valence-electron chi connectivity index (χ2n) is 8.24. The SMILES string of the molecule is Cc1cc(S(=O)(=O)c2ccc(CCNC[C@H](O)c3cccc(Cl)c3)cc2)cc(C)c1OCC(=O)O.Cl. The van der Waals surface area contributed by atoms with Crippen molar-refractivity contribution >= 4 is 39.8 Å². The third kappa shape index (κ3) is 7.69. The first-order chi connectivity index (χ1) is 16.6. The molecule has 36 heavy (non-hydrogen) atoms. The molecule has 3 aromatic rings. The summed E-state index contributed by atoms with van der Waals surface area (Å²) in [6, 6.07) is 16.8. The number of carboxylic acids is 1. The molecular weight excluding hydrogens is 525 g/mol. The number of hydrogen-bond donors (Lipinski definition) is 3. The maximum atomic E-state index is 13.1. The lowest BCUT2D eigenvalue weighted by atomic mass is 10.1. The number of carboxylic acid groups (broad SMARTS) is 1. The molecule has 0 heterocycles. The minimum Gasteiger partial charge on any atom is -0.481 e. The predicted molar refractivity (Wildman–Crippen MR) is 141 cm³/mol. The normalized spacial score (nSPS) is 12.0. The van der Waals surface area contributed by atoms with Crippen LogP contribution in [-0.4, -0.2) is 44.3 Å². The quantitative estimate of drug-likeness (QED) is 0.299. The van der Waals surface area contributed by atoms with Crippen LogP contribution in [0.2, 0.25) is 5.02 Å². The van der Waals surface area contributed by atoms with Crippen LogP contribution < -0.4 is 10.1 Å². The first-order valence-corrected chi connectivity index (χ1v) is 12.9. The lowest BCUT2D eigenvalue weighted by Gasteiger charge is -2.14. The highest BCUT2D eigenvalue weighted by Gasteiger charge is 2.20. The van der Waals surface area contributed by atoms with Gasteiger partial charge in [0.05, 0.1) is 15.9 Å². The van der Waals surface area contributed by atoms with Crippen molar-refractivity contribution in [3.8, 4) is 5.75 Å². The van der Waals surface area contributed by atoms with Gasteiger partial charge in [0.1, 0.15) is 5.75 Å². The largest absolute Gasteiger partial charge is 0.481 e. The Morgan fingerprint density at radius 1 is 1.03 bits per heavy atom. The molecule has 0 saturated heterocycles. The number of ether oxygens (including phenoxy) is 1. The maximum absolute atomic E-state index is 13.1. The minimum absolute atomic E-state index is 0. The van der Waals surface area contributed by atoms with Crippen LogP contribution >= 0.6 is 24.0 Å². The molecule has 0 amide bonds. The van der Waals surface area contributed by atoms with Crippen LogP contribution in [0.4, 0.5) is 0 Å². The van der Waals surface area contributed by atoms with E-state index in [-0.39, 0.29) is 22.2 Å². The monoisotopic (exact) mass is 553 g/mol. The molecule has 3 aromatic carbocycles. The van der Waals surface area contributed by atoms with E-state index in [2.05, 4.69) is 5.32 Å². The molecule has 3 rings (SSSR count). The highest BCUT2D eigenvalue weighted by Crippen LogP contribution is 2.30. The molecule has 0 unspecified atom stereocenters. The Morgan fingerprint density at radius 2 is 1.67 bits per heavy atom. The topological polar surface area (TPSA) is 113 Å². The number of carbonyl (C=O) groups is 1. The summed E-state index contributed by atoms with van der Waals surface area (Å²) < 4.78 is 31.6. The van der Waals surface area contributed by atoms with Crippen LogP contribution in [0, 0.1) is 13.8 Å². The van der Waals surface area contributed by atoms with Gasteiger partial charge in [0.2, 0.25) is 9.84 Å². The van der Waals surface area contributed by atoms with Crippen molar-refractivity contribution in [1.29, 1.82) is 0 Å². The zero-order chi connectivity index (χ0) is 25.6. The average molecular weight is 554 g/mol. The average Bonchev–Trinajstić information content (AvgIpc) is 2.81. The van der Waals surface area contributed by atoms with Crippen molar-refractivity contribution < 1.29 is 28.2 Å². The fraction of sp³-hybridized carbons (Fsp3) is 0.269. The molecule has 0 aliphatic rings. The van der Waals surface area contributed by atoms with Gasteiger partial charge in [-0.25, -0.2) is 13.2 Å². The second-order valence-corrected chi connectivity index (χ2v) is 10.6. The summed E-state index contributed by atoms with van der Waals surface area (Å²) in [5.74, 6) is -0.734. The summed E-state index contributed by atoms with van der Waals surface area (Å²) in [5.41, 5.74) is 2.80. The molecule has 0 spiro atoms. The third-order valence-corrected chi connectivity index (χ3v) is 7.46. The van der Waals surface area contributed by atoms with Crippen molar-refractivity contribution in [3.05, 3.63) is 87.9 Å². The lowest BCUT2D eigenvalue weighted by molar-refractivity contribution is -0.139. The zero-order valence-corrected chi connectivity index (χ0v) is 22.3. The molecule has 194 valence electrons. The molecule has 1 atom stereocenters. The number of halogens is 2. The van der Waals surface area contributed by atoms with E-state index in [0.29, 0.717) is 41.4 Å². The van der Waals surface area contributed by atoms with Gasteiger partial charge in [-0.05, 0) is 85.5 Å². The molecule has 0 saturated carbocycles. The zero-order valence-electron chi connectivity index (χ0n) is 19.9. The predicted octanol–water partition coefficient (Wildman–Crippen LogP) is 4.54. The van der Waals surface area contributed by atoms with Gasteiger partial charge in [0.15, 0.2) is 6.61 Å². The number of sulfone groups is 1. The van der Waals surface area contributed by atoms with E-state index in [1.165, 1.54) is 12.1 Å². The van der Waals surface area contributed by atoms with Crippen molar-refractivity contribution in [2.45, 2.75) is 36.2 Å². The highest BCUT2D eigenvalue weighted by atomic mass is 35.5. The Labute approximate surface area is 222 Å². The van der Waals surface area contributed by atoms with E-state index >= 15 is 0 Å². The van der Waals surface area contributed by atoms with Gasteiger partial charge in [0, 0.05) is 11.6 Å². The van der Waals surface area contributed by atoms with Crippen LogP contribution in [0.1, 0.15) is 28.4 Å². The van der Waals surface area contributed by atoms with Crippen LogP contribution in [0.3, 0.4) is 0 Å². The van der Waals surface area contributed by atoms with Gasteiger partial charge in [-0.15, -0.1) is 12.4 Å². The number of benzene rings is 3. The molecular formula is C26H29Cl2NO6S. The smallest absolute Gasteiger partial charge is 0.341 e. The number of rotatable bonds is 11. The van der Waals surface area contributed by atoms with Crippen LogP contribution in [0.25, 0.3) is 0 Å². The lowest BCUT2D eigenvalue weighted by Crippen LogP contribution is -2.23. The van der Waals surface area contributed by atoms with E-state index in [4.69, 9.17) is 21.4 Å². The fourth-order valence-corrected chi connectivity index (χ4v) is 5.33. The Balaban J connectivity index is 0.00000456. The van der Waals surface area contributed by atoms with Gasteiger partial charge in [-0.2, -0.15) is 0 Å². The van der Waals surface area contributed by atoms with Crippen LogP contribution in [0.5, 0.6) is 5.75 Å². The van der Waals surface area contributed by atoms with Crippen LogP contribution in [-0.2, 0) is 21.1 Å². The summed E-state index contributed by atoms with van der Waals surface area (Å²) >= 11 is 5.96. The van der Waals surface area contributed by atoms with Gasteiger partial charge in [-0.1, -0.05) is 35.9 Å². The molecule has 0 radical (unpaired) electrons. The summed E-state index contributed by atoms with van der Waals surface area (Å²) in [6.07, 6.45) is -0.00906. The molecule has 0 bridgehead atoms. The van der Waals surface area contributed by atoms with Gasteiger partial charge in [-0.3, -0.25) is 0 Å². The Kier molecular flexibility index (Phi) is 10.8. The summed E-state index contributed by atoms with van der Waals surface area (Å²) in [6.45, 7) is 3.85. The molecule has 0 fully saturated rings. The summed E-state index contributed by atoms with van der Waals surface area (Å²) in [5, 5.41) is 22.9. The van der Waals surface area contributed by atoms with Crippen molar-refractivity contribution in [3.63, 3.8) is 0 Å². The van der Waals surface area contributed by atoms with Crippen molar-refractivity contribution in [2.24, 2.45) is 0 Å². The van der Waals surface area contributed by atoms with E-state index in [1.807, 2.05) is 6.07 Å². The molecule has 7 nitrogen and oxygen atoms in total. The number of aliphatic hydroxyl groups excluding tert-OH is 1. The van der Waals surface area contributed by atoms with E-state index in [9.17, 15) is 18.3 Å². The van der Waals surface area contributed by atoms with Gasteiger partial charge >= 0.3 is 5.97 Å². The number of aliphatic carboxylic acids is 1. The number of aryl methyl sites for hydroxylation is 2. The first kappa shape index (κ1) is 29.6. The molecule has 0 aliphatic heterocycles. The summed E-state index contributed by atoms with van der Waals surface area (Å²) in [7, 11) is -3.75. The van der Waals surface area contributed by atoms with E-state index in [0.717, 1.165) is 11.1 Å². The Morgan fingerprint density at radius 3 is 2.25 bits per heavy atom. The highest BCUT2D eigenvalue weighted by molar-refractivity contribution is 7.91. The van der Waals surface area contributed by atoms with E-state index in [1.54, 1.807) is 56.3 Å². The van der Waals surface area contributed by atoms with E-state index < -0.39 is 28.5 Å². The van der Waals surface area contributed by atoms with Gasteiger partial charge < -0.3 is 20.3 Å². The first-order valence-electron chi connectivity index (χ1n) is 11.0. The maximum Gasteiger partial charge on any atom is 0.341 e. The number of hydrogen-bond acceptors (Lipinski definition) is 6. The molecule has 3 N–H and O–H groups in total. The number of nitrogens with one attached hydrogen (secondary N) is 1. The third-order valence-electron chi connectivity index (χ3n) is 5.48. The fourth-order valence-electron chi connectivity index (χ4n) is 3.70. The second kappa shape index (κ2) is 13.1. The Hall–Kier alpha value is -2.62. The summed E-state index contributed by atoms with van der Waals surface area (Å²) in [4.78, 5) is 11.1. The van der Waals surface area contributed by atoms with Crippen molar-refractivity contribution in [1.82, 2.24) is 5.32 Å². The molecule has 0 aliphatic carbocycles.